The summed E-state index contributed by atoms with van der Waals surface area (Å²) in [5.41, 5.74) is 6.36. The molecular formula is C6H7N3O. The summed E-state index contributed by atoms with van der Waals surface area (Å²) >= 11 is 0. The van der Waals surface area contributed by atoms with Crippen molar-refractivity contribution in [1.82, 2.24) is 9.97 Å². The number of H-pyrrole nitrogens is 1. The number of nitrogens with one attached hydrogen (secondary N) is 1. The molecule has 0 bridgehead atoms. The molecule has 52 valence electrons. The molecule has 0 atom stereocenters. The van der Waals surface area contributed by atoms with Crippen LogP contribution in [0.4, 0.5) is 0 Å². The Hall–Kier alpha value is -1.58. The lowest BCUT2D eigenvalue weighted by Crippen LogP contribution is -1.96. The minimum atomic E-state index is 0.372. The van der Waals surface area contributed by atoms with E-state index in [-0.39, 0.29) is 0 Å². The molecule has 1 aromatic heterocycles. The van der Waals surface area contributed by atoms with Gasteiger partial charge in [0.1, 0.15) is 12.0 Å². The van der Waals surface area contributed by atoms with Crippen LogP contribution in [0.2, 0.25) is 0 Å². The zero-order valence-corrected chi connectivity index (χ0v) is 5.24. The highest BCUT2D eigenvalue weighted by molar-refractivity contribution is 5.78. The summed E-state index contributed by atoms with van der Waals surface area (Å²) in [6, 6.07) is 0. The Morgan fingerprint density at radius 1 is 1.80 bits per heavy atom. The standard InChI is InChI=1S/C6H7N3O/c7-5(1-2-10)6-3-8-4-9-6/h1-4H,7H2,(H,8,9)/b5-1+. The van der Waals surface area contributed by atoms with Crippen molar-refractivity contribution in [1.29, 1.82) is 0 Å². The molecule has 0 aliphatic heterocycles. The van der Waals surface area contributed by atoms with Crippen molar-refractivity contribution in [2.24, 2.45) is 5.73 Å². The molecule has 0 saturated heterocycles. The van der Waals surface area contributed by atoms with Crippen molar-refractivity contribution in [2.75, 3.05) is 0 Å². The molecule has 10 heavy (non-hydrogen) atoms. The van der Waals surface area contributed by atoms with E-state index in [9.17, 15) is 4.79 Å². The first-order chi connectivity index (χ1) is 4.84. The van der Waals surface area contributed by atoms with E-state index in [1.165, 1.54) is 12.4 Å². The first-order valence-electron chi connectivity index (χ1n) is 2.74. The predicted molar refractivity (Wildman–Crippen MR) is 36.8 cm³/mol. The summed E-state index contributed by atoms with van der Waals surface area (Å²) in [6.45, 7) is 0. The summed E-state index contributed by atoms with van der Waals surface area (Å²) in [5.74, 6) is 0. The fraction of sp³-hybridized carbons (Fsp3) is 0. The average Bonchev–Trinajstić information content (AvgIpc) is 2.38. The lowest BCUT2D eigenvalue weighted by Gasteiger charge is -1.89. The highest BCUT2D eigenvalue weighted by Crippen LogP contribution is 2.00. The molecule has 4 nitrogen and oxygen atoms in total. The molecule has 0 amide bonds. The molecule has 3 N–H and O–H groups in total. The zero-order chi connectivity index (χ0) is 7.40. The Morgan fingerprint density at radius 2 is 2.60 bits per heavy atom. The lowest BCUT2D eigenvalue weighted by atomic mass is 10.3. The first kappa shape index (κ1) is 6.54. The van der Waals surface area contributed by atoms with Gasteiger partial charge in [-0.05, 0) is 0 Å². The number of carbonyl (C=O) groups excluding carboxylic acids is 1. The van der Waals surface area contributed by atoms with Crippen LogP contribution in [-0.4, -0.2) is 16.3 Å². The van der Waals surface area contributed by atoms with Crippen molar-refractivity contribution in [3.05, 3.63) is 24.3 Å². The van der Waals surface area contributed by atoms with Crippen molar-refractivity contribution in [3.8, 4) is 0 Å². The second kappa shape index (κ2) is 2.82. The summed E-state index contributed by atoms with van der Waals surface area (Å²) in [6.07, 6.45) is 5.01. The van der Waals surface area contributed by atoms with Crippen molar-refractivity contribution < 1.29 is 4.79 Å². The van der Waals surface area contributed by atoms with E-state index in [1.807, 2.05) is 0 Å². The maximum Gasteiger partial charge on any atom is 0.144 e. The lowest BCUT2D eigenvalue weighted by molar-refractivity contribution is -0.104. The number of rotatable bonds is 2. The third kappa shape index (κ3) is 1.22. The van der Waals surface area contributed by atoms with Gasteiger partial charge in [0, 0.05) is 12.3 Å². The summed E-state index contributed by atoms with van der Waals surface area (Å²) in [4.78, 5) is 16.5. The second-order valence-electron chi connectivity index (χ2n) is 1.71. The molecule has 0 aromatic carbocycles. The quantitative estimate of drug-likeness (QED) is 0.442. The van der Waals surface area contributed by atoms with Crippen LogP contribution in [-0.2, 0) is 4.79 Å². The number of hydrogen-bond donors (Lipinski definition) is 2. The van der Waals surface area contributed by atoms with Crippen LogP contribution in [0, 0.1) is 0 Å². The molecule has 0 saturated carbocycles. The Bertz CT molecular complexity index is 238. The van der Waals surface area contributed by atoms with E-state index in [2.05, 4.69) is 9.97 Å². The Kier molecular flexibility index (Phi) is 1.84. The van der Waals surface area contributed by atoms with Gasteiger partial charge in [-0.3, -0.25) is 4.79 Å². The maximum atomic E-state index is 9.92. The topological polar surface area (TPSA) is 71.8 Å². The van der Waals surface area contributed by atoms with Gasteiger partial charge in [-0.1, -0.05) is 0 Å². The number of hydrogen-bond acceptors (Lipinski definition) is 3. The first-order valence-corrected chi connectivity index (χ1v) is 2.74. The van der Waals surface area contributed by atoms with Crippen LogP contribution in [0.1, 0.15) is 5.69 Å². The van der Waals surface area contributed by atoms with Gasteiger partial charge in [-0.15, -0.1) is 0 Å². The minimum absolute atomic E-state index is 0.372. The highest BCUT2D eigenvalue weighted by atomic mass is 16.1. The van der Waals surface area contributed by atoms with Gasteiger partial charge < -0.3 is 10.7 Å². The third-order valence-electron chi connectivity index (χ3n) is 1.04. The van der Waals surface area contributed by atoms with Gasteiger partial charge in [-0.2, -0.15) is 0 Å². The number of aldehydes is 1. The summed E-state index contributed by atoms with van der Waals surface area (Å²) in [5, 5.41) is 0. The molecule has 0 aliphatic rings. The number of imidazole rings is 1. The molecule has 0 aliphatic carbocycles. The molecule has 1 aromatic rings. The van der Waals surface area contributed by atoms with Gasteiger partial charge in [0.05, 0.1) is 12.0 Å². The van der Waals surface area contributed by atoms with Crippen molar-refractivity contribution in [2.45, 2.75) is 0 Å². The monoisotopic (exact) mass is 137 g/mol. The van der Waals surface area contributed by atoms with Gasteiger partial charge in [0.15, 0.2) is 0 Å². The second-order valence-corrected chi connectivity index (χ2v) is 1.71. The maximum absolute atomic E-state index is 9.92. The zero-order valence-electron chi connectivity index (χ0n) is 5.24. The molecular weight excluding hydrogens is 130 g/mol. The highest BCUT2D eigenvalue weighted by Gasteiger charge is 1.94. The summed E-state index contributed by atoms with van der Waals surface area (Å²) in [7, 11) is 0. The minimum Gasteiger partial charge on any atom is -0.397 e. The molecule has 0 fully saturated rings. The Balaban J connectivity index is 2.86. The smallest absolute Gasteiger partial charge is 0.144 e. The molecule has 0 radical (unpaired) electrons. The predicted octanol–water partition coefficient (Wildman–Crippen LogP) is -0.0918. The largest absolute Gasteiger partial charge is 0.397 e. The number of carbonyl (C=O) groups is 1. The van der Waals surface area contributed by atoms with Crippen LogP contribution < -0.4 is 5.73 Å². The van der Waals surface area contributed by atoms with Gasteiger partial charge in [0.2, 0.25) is 0 Å². The number of aromatic nitrogens is 2. The van der Waals surface area contributed by atoms with Crippen LogP contribution >= 0.6 is 0 Å². The third-order valence-corrected chi connectivity index (χ3v) is 1.04. The fourth-order valence-corrected chi connectivity index (χ4v) is 0.577. The Labute approximate surface area is 57.8 Å². The molecule has 1 rings (SSSR count). The number of nitrogens with zero attached hydrogens (tertiary/aromatic N) is 1. The van der Waals surface area contributed by atoms with E-state index in [4.69, 9.17) is 5.73 Å². The van der Waals surface area contributed by atoms with E-state index in [0.29, 0.717) is 17.7 Å². The van der Waals surface area contributed by atoms with Gasteiger partial charge >= 0.3 is 0 Å². The van der Waals surface area contributed by atoms with Crippen LogP contribution in [0.25, 0.3) is 5.70 Å². The van der Waals surface area contributed by atoms with Crippen LogP contribution in [0.3, 0.4) is 0 Å². The molecule has 4 heteroatoms. The molecule has 0 unspecified atom stereocenters. The Morgan fingerprint density at radius 3 is 3.10 bits per heavy atom. The number of nitrogens with two attached hydrogens (primary N) is 1. The SMILES string of the molecule is N/C(=C/C=O)c1c[nH]cn1. The van der Waals surface area contributed by atoms with Crippen LogP contribution in [0.5, 0.6) is 0 Å². The normalized spacial score (nSPS) is 11.4. The van der Waals surface area contributed by atoms with E-state index in [1.54, 1.807) is 6.20 Å². The molecule has 0 spiro atoms. The van der Waals surface area contributed by atoms with Gasteiger partial charge in [-0.25, -0.2) is 4.98 Å². The van der Waals surface area contributed by atoms with E-state index < -0.39 is 0 Å². The van der Waals surface area contributed by atoms with Crippen molar-refractivity contribution >= 4 is 12.0 Å². The number of allylic oxidation sites excluding steroid dienone is 1. The number of aromatic amines is 1. The van der Waals surface area contributed by atoms with E-state index >= 15 is 0 Å². The molecule has 1 heterocycles. The van der Waals surface area contributed by atoms with Crippen LogP contribution in [0.15, 0.2) is 18.6 Å². The van der Waals surface area contributed by atoms with Crippen molar-refractivity contribution in [3.63, 3.8) is 0 Å². The fourth-order valence-electron chi connectivity index (χ4n) is 0.577. The summed E-state index contributed by atoms with van der Waals surface area (Å²) < 4.78 is 0. The van der Waals surface area contributed by atoms with E-state index in [0.717, 1.165) is 0 Å². The average molecular weight is 137 g/mol. The van der Waals surface area contributed by atoms with Gasteiger partial charge in [0.25, 0.3) is 0 Å².